The molecule has 31 heavy (non-hydrogen) atoms. The average Bonchev–Trinajstić information content (AvgIpc) is 2.74. The normalized spacial score (nSPS) is 18.9. The van der Waals surface area contributed by atoms with Gasteiger partial charge in [0.1, 0.15) is 12.0 Å². The van der Waals surface area contributed by atoms with Gasteiger partial charge < -0.3 is 21.1 Å². The molecule has 0 bridgehead atoms. The van der Waals surface area contributed by atoms with Crippen LogP contribution in [0.15, 0.2) is 36.5 Å². The van der Waals surface area contributed by atoms with Crippen LogP contribution in [0.25, 0.3) is 22.0 Å². The summed E-state index contributed by atoms with van der Waals surface area (Å²) in [4.78, 5) is 21.2. The molecule has 4 N–H and O–H groups in total. The number of hydrogen-bond acceptors (Lipinski definition) is 5. The highest BCUT2D eigenvalue weighted by molar-refractivity contribution is 5.87. The third-order valence-corrected chi connectivity index (χ3v) is 5.48. The lowest BCUT2D eigenvalue weighted by Crippen LogP contribution is -2.49. The van der Waals surface area contributed by atoms with E-state index in [1.165, 1.54) is 12.1 Å². The molecule has 7 nitrogen and oxygen atoms in total. The Balaban J connectivity index is 1.64. The summed E-state index contributed by atoms with van der Waals surface area (Å²) in [7, 11) is 0. The molecule has 1 aromatic heterocycles. The lowest BCUT2D eigenvalue weighted by molar-refractivity contribution is 0.102. The van der Waals surface area contributed by atoms with Crippen molar-refractivity contribution >= 4 is 28.6 Å². The first-order chi connectivity index (χ1) is 14.8. The number of hydrogen-bond donors (Lipinski definition) is 3. The summed E-state index contributed by atoms with van der Waals surface area (Å²) in [6.45, 7) is 2.04. The topological polar surface area (TPSA) is 104 Å². The predicted molar refractivity (Wildman–Crippen MR) is 115 cm³/mol. The van der Waals surface area contributed by atoms with Gasteiger partial charge in [-0.1, -0.05) is 13.0 Å². The zero-order valence-corrected chi connectivity index (χ0v) is 17.0. The first kappa shape index (κ1) is 20.8. The lowest BCUT2D eigenvalue weighted by Gasteiger charge is -2.33. The molecule has 0 aliphatic carbocycles. The zero-order chi connectivity index (χ0) is 22.1. The average molecular weight is 427 g/mol. The molecule has 0 spiro atoms. The number of carboxylic acid groups (broad SMARTS) is 1. The Morgan fingerprint density at radius 1 is 1.29 bits per heavy atom. The maximum Gasteiger partial charge on any atom is 0.407 e. The fraction of sp³-hybridized carbons (Fsp3) is 0.318. The van der Waals surface area contributed by atoms with Crippen molar-refractivity contribution in [2.45, 2.75) is 32.0 Å². The Hall–Kier alpha value is -3.49. The van der Waals surface area contributed by atoms with Crippen molar-refractivity contribution in [3.63, 3.8) is 0 Å². The number of nitrogens with two attached hydrogens (primary N) is 1. The van der Waals surface area contributed by atoms with Crippen LogP contribution >= 0.6 is 0 Å². The van der Waals surface area contributed by atoms with E-state index in [-0.39, 0.29) is 25.2 Å². The number of nitrogens with one attached hydrogen (secondary N) is 1. The minimum absolute atomic E-state index is 0.0963. The number of piperidine rings is 1. The quantitative estimate of drug-likeness (QED) is 0.542. The molecule has 2 aromatic carbocycles. The van der Waals surface area contributed by atoms with Crippen molar-refractivity contribution in [3.05, 3.63) is 47.9 Å². The molecule has 2 heterocycles. The Kier molecular flexibility index (Phi) is 5.58. The van der Waals surface area contributed by atoms with Gasteiger partial charge in [0.25, 0.3) is 0 Å². The summed E-state index contributed by atoms with van der Waals surface area (Å²) in [6, 6.07) is 8.12. The Labute approximate surface area is 177 Å². The maximum absolute atomic E-state index is 14.0. The second-order valence-corrected chi connectivity index (χ2v) is 7.72. The molecule has 0 radical (unpaired) electrons. The zero-order valence-electron chi connectivity index (χ0n) is 17.0. The molecule has 162 valence electrons. The summed E-state index contributed by atoms with van der Waals surface area (Å²) in [5, 5.41) is 13.0. The molecular weight excluding hydrogens is 404 g/mol. The smallest absolute Gasteiger partial charge is 0.407 e. The summed E-state index contributed by atoms with van der Waals surface area (Å²) in [5.74, 6) is -0.154. The molecule has 3 aromatic rings. The van der Waals surface area contributed by atoms with Gasteiger partial charge >= 0.3 is 6.09 Å². The van der Waals surface area contributed by atoms with Gasteiger partial charge in [-0.25, -0.2) is 23.5 Å². The highest BCUT2D eigenvalue weighted by atomic mass is 19.1. The van der Waals surface area contributed by atoms with Crippen molar-refractivity contribution in [2.75, 3.05) is 24.1 Å². The monoisotopic (exact) mass is 427 g/mol. The molecule has 1 saturated heterocycles. The molecule has 1 aliphatic rings. The van der Waals surface area contributed by atoms with Gasteiger partial charge in [0.05, 0.1) is 17.7 Å². The van der Waals surface area contributed by atoms with E-state index >= 15 is 0 Å². The molecule has 2 unspecified atom stereocenters. The number of likely N-dealkylation sites (tertiary alicyclic amines) is 1. The molecular formula is C22H23F2N5O2. The number of nitrogens with zero attached hydrogens (tertiary/aromatic N) is 3. The van der Waals surface area contributed by atoms with E-state index < -0.39 is 24.1 Å². The molecule has 1 aliphatic heterocycles. The van der Waals surface area contributed by atoms with Crippen LogP contribution in [0.4, 0.5) is 25.2 Å². The van der Waals surface area contributed by atoms with Gasteiger partial charge in [-0.15, -0.1) is 0 Å². The number of aryl methyl sites for hydroxylation is 1. The lowest BCUT2D eigenvalue weighted by atomic mass is 9.98. The van der Waals surface area contributed by atoms with Crippen molar-refractivity contribution in [3.8, 4) is 11.1 Å². The minimum Gasteiger partial charge on any atom is -0.465 e. The van der Waals surface area contributed by atoms with E-state index in [0.717, 1.165) is 26.9 Å². The fourth-order valence-corrected chi connectivity index (χ4v) is 3.91. The van der Waals surface area contributed by atoms with Crippen LogP contribution in [0.1, 0.15) is 18.9 Å². The number of carbonyl (C=O) groups is 1. The Morgan fingerprint density at radius 3 is 2.81 bits per heavy atom. The number of rotatable bonds is 4. The number of halogens is 2. The number of aromatic nitrogens is 2. The third-order valence-electron chi connectivity index (χ3n) is 5.48. The number of fused-ring (bicyclic) bond motifs is 1. The van der Waals surface area contributed by atoms with E-state index in [9.17, 15) is 18.7 Å². The van der Waals surface area contributed by atoms with E-state index in [2.05, 4.69) is 15.3 Å². The van der Waals surface area contributed by atoms with Crippen LogP contribution in [0.3, 0.4) is 0 Å². The van der Waals surface area contributed by atoms with Crippen LogP contribution < -0.4 is 11.1 Å². The van der Waals surface area contributed by atoms with Gasteiger partial charge in [-0.05, 0) is 47.4 Å². The summed E-state index contributed by atoms with van der Waals surface area (Å²) in [5.41, 5.74) is 8.90. The van der Waals surface area contributed by atoms with E-state index in [1.54, 1.807) is 12.3 Å². The first-order valence-corrected chi connectivity index (χ1v) is 10.1. The molecule has 1 fully saturated rings. The Morgan fingerprint density at radius 2 is 2.10 bits per heavy atom. The minimum atomic E-state index is -1.24. The number of nitrogen functional groups attached to an aromatic ring is 1. The second-order valence-electron chi connectivity index (χ2n) is 7.72. The second kappa shape index (κ2) is 8.33. The number of anilines is 2. The van der Waals surface area contributed by atoms with Gasteiger partial charge in [0.15, 0.2) is 0 Å². The maximum atomic E-state index is 14.0. The highest BCUT2D eigenvalue weighted by Crippen LogP contribution is 2.29. The third kappa shape index (κ3) is 4.35. The fourth-order valence-electron chi connectivity index (χ4n) is 3.91. The molecule has 4 rings (SSSR count). The van der Waals surface area contributed by atoms with Crippen LogP contribution in [-0.2, 0) is 6.42 Å². The van der Waals surface area contributed by atoms with E-state index in [1.807, 2.05) is 19.1 Å². The predicted octanol–water partition coefficient (Wildman–Crippen LogP) is 4.08. The van der Waals surface area contributed by atoms with Crippen molar-refractivity contribution in [1.82, 2.24) is 14.9 Å². The van der Waals surface area contributed by atoms with E-state index in [0.29, 0.717) is 17.9 Å². The number of benzene rings is 2. The van der Waals surface area contributed by atoms with Crippen LogP contribution in [0, 0.1) is 5.82 Å². The van der Waals surface area contributed by atoms with Gasteiger partial charge in [-0.3, -0.25) is 0 Å². The Bertz CT molecular complexity index is 1140. The number of amides is 1. The number of alkyl halides is 1. The van der Waals surface area contributed by atoms with Gasteiger partial charge in [0, 0.05) is 30.6 Å². The van der Waals surface area contributed by atoms with Gasteiger partial charge in [-0.2, -0.15) is 0 Å². The molecule has 0 saturated carbocycles. The van der Waals surface area contributed by atoms with Crippen molar-refractivity contribution in [1.29, 1.82) is 0 Å². The summed E-state index contributed by atoms with van der Waals surface area (Å²) >= 11 is 0. The van der Waals surface area contributed by atoms with Crippen LogP contribution in [0.5, 0.6) is 0 Å². The van der Waals surface area contributed by atoms with E-state index in [4.69, 9.17) is 5.73 Å². The summed E-state index contributed by atoms with van der Waals surface area (Å²) < 4.78 is 27.9. The van der Waals surface area contributed by atoms with Gasteiger partial charge in [0.2, 0.25) is 5.95 Å². The molecule has 9 heteroatoms. The molecule has 1 amide bonds. The molecule has 2 atom stereocenters. The largest absolute Gasteiger partial charge is 0.465 e. The standard InChI is InChI=1S/C22H23F2N5O2/c1-2-12-5-14(13-3-4-19(25)18(24)7-13)6-15-9-26-21(28-20(12)15)27-17-8-16(23)10-29(11-17)22(30)31/h3-7,9,16-17H,2,8,10-11,25H2,1H3,(H,30,31)(H,26,27,28). The van der Waals surface area contributed by atoms with Crippen LogP contribution in [-0.4, -0.2) is 51.4 Å². The summed E-state index contributed by atoms with van der Waals surface area (Å²) in [6.07, 6.45) is 0.158. The van der Waals surface area contributed by atoms with Crippen molar-refractivity contribution < 1.29 is 18.7 Å². The van der Waals surface area contributed by atoms with Crippen LogP contribution in [0.2, 0.25) is 0 Å². The first-order valence-electron chi connectivity index (χ1n) is 10.1. The SMILES string of the molecule is CCc1cc(-c2ccc(N)c(F)c2)cc2cnc(NC3CC(F)CN(C(=O)O)C3)nc12. The highest BCUT2D eigenvalue weighted by Gasteiger charge is 2.30. The van der Waals surface area contributed by atoms with Crippen molar-refractivity contribution in [2.24, 2.45) is 0 Å².